The molecule has 0 saturated heterocycles. The lowest BCUT2D eigenvalue weighted by Crippen LogP contribution is -2.04. The van der Waals surface area contributed by atoms with E-state index in [1.807, 2.05) is 54.6 Å². The van der Waals surface area contributed by atoms with Crippen LogP contribution in [-0.2, 0) is 6.61 Å². The van der Waals surface area contributed by atoms with Gasteiger partial charge in [0.15, 0.2) is 5.82 Å². The zero-order valence-electron chi connectivity index (χ0n) is 13.9. The molecule has 0 saturated carbocycles. The number of hydrogen-bond acceptors (Lipinski definition) is 4. The summed E-state index contributed by atoms with van der Waals surface area (Å²) in [5, 5.41) is 13.8. The first-order valence-electron chi connectivity index (χ1n) is 8.17. The van der Waals surface area contributed by atoms with Crippen molar-refractivity contribution in [1.82, 2.24) is 14.9 Å². The van der Waals surface area contributed by atoms with E-state index in [4.69, 9.17) is 17.0 Å². The number of fused-ring (bicyclic) bond motifs is 1. The normalized spacial score (nSPS) is 11.2. The second-order valence-corrected chi connectivity index (χ2v) is 6.06. The average Bonchev–Trinajstić information content (AvgIpc) is 3.05. The Kier molecular flexibility index (Phi) is 4.57. The van der Waals surface area contributed by atoms with Crippen LogP contribution in [0.15, 0.2) is 77.9 Å². The lowest BCUT2D eigenvalue weighted by molar-refractivity contribution is 0.290. The van der Waals surface area contributed by atoms with Crippen LogP contribution in [-0.4, -0.2) is 21.1 Å². The van der Waals surface area contributed by atoms with Gasteiger partial charge >= 0.3 is 0 Å². The van der Waals surface area contributed by atoms with Gasteiger partial charge in [0.2, 0.25) is 4.77 Å². The molecule has 6 heteroatoms. The van der Waals surface area contributed by atoms with Crippen molar-refractivity contribution < 1.29 is 4.74 Å². The number of H-pyrrole nitrogens is 1. The van der Waals surface area contributed by atoms with Crippen molar-refractivity contribution in [2.24, 2.45) is 5.10 Å². The van der Waals surface area contributed by atoms with E-state index in [2.05, 4.69) is 33.5 Å². The first kappa shape index (κ1) is 16.2. The number of para-hydroxylation sites is 1. The van der Waals surface area contributed by atoms with Crippen LogP contribution in [0.4, 0.5) is 0 Å². The van der Waals surface area contributed by atoms with E-state index in [0.717, 1.165) is 16.7 Å². The summed E-state index contributed by atoms with van der Waals surface area (Å²) in [5.74, 6) is 1.38. The minimum Gasteiger partial charge on any atom is -0.486 e. The number of aromatic nitrogens is 3. The fourth-order valence-corrected chi connectivity index (χ4v) is 2.88. The van der Waals surface area contributed by atoms with Crippen molar-refractivity contribution in [1.29, 1.82) is 0 Å². The molecule has 0 unspecified atom stereocenters. The predicted octanol–water partition coefficient (Wildman–Crippen LogP) is 4.56. The van der Waals surface area contributed by atoms with Gasteiger partial charge in [-0.2, -0.15) is 14.9 Å². The highest BCUT2D eigenvalue weighted by Gasteiger charge is 2.06. The van der Waals surface area contributed by atoms with Crippen molar-refractivity contribution in [3.05, 3.63) is 89.0 Å². The summed E-state index contributed by atoms with van der Waals surface area (Å²) in [7, 11) is 0. The maximum absolute atomic E-state index is 5.74. The summed E-state index contributed by atoms with van der Waals surface area (Å²) < 4.78 is 7.75. The summed E-state index contributed by atoms with van der Waals surface area (Å²) in [6.45, 7) is 0.268. The van der Waals surface area contributed by atoms with Crippen LogP contribution in [0, 0.1) is 4.77 Å². The van der Waals surface area contributed by atoms with E-state index < -0.39 is 0 Å². The molecule has 1 aromatic heterocycles. The van der Waals surface area contributed by atoms with E-state index in [9.17, 15) is 0 Å². The Morgan fingerprint density at radius 1 is 1.00 bits per heavy atom. The molecule has 1 heterocycles. The minimum atomic E-state index is 0.268. The molecule has 0 amide bonds. The molecule has 26 heavy (non-hydrogen) atoms. The minimum absolute atomic E-state index is 0.268. The molecule has 0 bridgehead atoms. The Morgan fingerprint density at radius 3 is 2.65 bits per heavy atom. The van der Waals surface area contributed by atoms with Crippen molar-refractivity contribution >= 4 is 29.2 Å². The molecule has 128 valence electrons. The van der Waals surface area contributed by atoms with Gasteiger partial charge in [0.05, 0.1) is 6.21 Å². The zero-order valence-corrected chi connectivity index (χ0v) is 14.7. The maximum atomic E-state index is 5.74. The van der Waals surface area contributed by atoms with Crippen molar-refractivity contribution in [3.8, 4) is 5.75 Å². The molecule has 0 aliphatic rings. The SMILES string of the molecule is S=c1[nH]nc(COc2ccccc2)n1/N=C\c1cccc2ccccc12. The number of benzene rings is 3. The van der Waals surface area contributed by atoms with Gasteiger partial charge < -0.3 is 4.74 Å². The molecule has 5 nitrogen and oxygen atoms in total. The molecule has 0 atom stereocenters. The molecule has 0 radical (unpaired) electrons. The average molecular weight is 360 g/mol. The number of nitrogens with one attached hydrogen (secondary N) is 1. The van der Waals surface area contributed by atoms with Gasteiger partial charge in [-0.05, 0) is 35.1 Å². The summed E-state index contributed by atoms with van der Waals surface area (Å²) >= 11 is 5.29. The Bertz CT molecular complexity index is 1110. The summed E-state index contributed by atoms with van der Waals surface area (Å²) in [4.78, 5) is 0. The molecule has 4 rings (SSSR count). The van der Waals surface area contributed by atoms with E-state index >= 15 is 0 Å². The van der Waals surface area contributed by atoms with Crippen molar-refractivity contribution in [2.45, 2.75) is 6.61 Å². The summed E-state index contributed by atoms with van der Waals surface area (Å²) in [5.41, 5.74) is 1.01. The number of nitrogens with zero attached hydrogens (tertiary/aromatic N) is 3. The first-order valence-corrected chi connectivity index (χ1v) is 8.58. The molecule has 4 aromatic rings. The van der Waals surface area contributed by atoms with E-state index in [0.29, 0.717) is 10.6 Å². The van der Waals surface area contributed by atoms with Crippen LogP contribution < -0.4 is 4.74 Å². The molecular formula is C20H16N4OS. The van der Waals surface area contributed by atoms with Crippen LogP contribution in [0.25, 0.3) is 10.8 Å². The fourth-order valence-electron chi connectivity index (χ4n) is 2.68. The van der Waals surface area contributed by atoms with E-state index in [1.54, 1.807) is 10.9 Å². The van der Waals surface area contributed by atoms with Gasteiger partial charge in [0.1, 0.15) is 12.4 Å². The molecular weight excluding hydrogens is 344 g/mol. The number of aromatic amines is 1. The van der Waals surface area contributed by atoms with Crippen molar-refractivity contribution in [3.63, 3.8) is 0 Å². The topological polar surface area (TPSA) is 55.2 Å². The number of rotatable bonds is 5. The highest BCUT2D eigenvalue weighted by molar-refractivity contribution is 7.71. The number of ether oxygens (including phenoxy) is 1. The Balaban J connectivity index is 1.61. The lowest BCUT2D eigenvalue weighted by atomic mass is 10.1. The van der Waals surface area contributed by atoms with Crippen LogP contribution in [0.5, 0.6) is 5.75 Å². The molecule has 3 aromatic carbocycles. The maximum Gasteiger partial charge on any atom is 0.216 e. The summed E-state index contributed by atoms with van der Waals surface area (Å²) in [6.07, 6.45) is 1.79. The first-order chi connectivity index (χ1) is 12.8. The second-order valence-electron chi connectivity index (χ2n) is 5.67. The summed E-state index contributed by atoms with van der Waals surface area (Å²) in [6, 6.07) is 23.9. The zero-order chi connectivity index (χ0) is 17.8. The van der Waals surface area contributed by atoms with Crippen molar-refractivity contribution in [2.75, 3.05) is 0 Å². The molecule has 1 N–H and O–H groups in total. The Hall–Kier alpha value is -3.25. The van der Waals surface area contributed by atoms with Crippen LogP contribution in [0.1, 0.15) is 11.4 Å². The quantitative estimate of drug-likeness (QED) is 0.419. The third-order valence-corrected chi connectivity index (χ3v) is 4.23. The van der Waals surface area contributed by atoms with E-state index in [1.165, 1.54) is 5.39 Å². The van der Waals surface area contributed by atoms with Crippen LogP contribution in [0.3, 0.4) is 0 Å². The Morgan fingerprint density at radius 2 is 1.77 bits per heavy atom. The van der Waals surface area contributed by atoms with Crippen LogP contribution in [0.2, 0.25) is 0 Å². The van der Waals surface area contributed by atoms with Crippen LogP contribution >= 0.6 is 12.2 Å². The molecule has 0 aliphatic heterocycles. The fraction of sp³-hybridized carbons (Fsp3) is 0.0500. The Labute approximate surface area is 155 Å². The number of hydrogen-bond donors (Lipinski definition) is 1. The van der Waals surface area contributed by atoms with Gasteiger partial charge in [0.25, 0.3) is 0 Å². The lowest BCUT2D eigenvalue weighted by Gasteiger charge is -2.05. The molecule has 0 spiro atoms. The predicted molar refractivity (Wildman–Crippen MR) is 105 cm³/mol. The monoisotopic (exact) mass is 360 g/mol. The van der Waals surface area contributed by atoms with E-state index in [-0.39, 0.29) is 6.61 Å². The third kappa shape index (κ3) is 3.41. The third-order valence-electron chi connectivity index (χ3n) is 3.96. The standard InChI is InChI=1S/C20H16N4OS/c26-20-23-22-19(14-25-17-10-2-1-3-11-17)24(20)21-13-16-9-6-8-15-7-4-5-12-18(15)16/h1-13H,14H2,(H,23,26)/b21-13-. The largest absolute Gasteiger partial charge is 0.486 e. The molecule has 0 aliphatic carbocycles. The van der Waals surface area contributed by atoms with Gasteiger partial charge in [-0.25, -0.2) is 5.10 Å². The highest BCUT2D eigenvalue weighted by Crippen LogP contribution is 2.17. The van der Waals surface area contributed by atoms with Gasteiger partial charge in [0, 0.05) is 5.56 Å². The second kappa shape index (κ2) is 7.33. The molecule has 0 fully saturated rings. The highest BCUT2D eigenvalue weighted by atomic mass is 32.1. The van der Waals surface area contributed by atoms with Gasteiger partial charge in [-0.15, -0.1) is 0 Å². The van der Waals surface area contributed by atoms with Gasteiger partial charge in [-0.3, -0.25) is 0 Å². The smallest absolute Gasteiger partial charge is 0.216 e. The van der Waals surface area contributed by atoms with Gasteiger partial charge in [-0.1, -0.05) is 60.7 Å².